The van der Waals surface area contributed by atoms with Crippen molar-refractivity contribution in [2.45, 2.75) is 6.42 Å². The lowest BCUT2D eigenvalue weighted by molar-refractivity contribution is 0.410. The van der Waals surface area contributed by atoms with Crippen LogP contribution in [-0.2, 0) is 0 Å². The zero-order chi connectivity index (χ0) is 11.4. The standard InChI is InChI=1S/C8H9F4N3/c9-4-6(14-3-1-2-13)5(10)8(12)15-7(4)11/h1-3,13H2,(H,14,15). The van der Waals surface area contributed by atoms with Gasteiger partial charge in [0.15, 0.2) is 0 Å². The number of aromatic nitrogens is 1. The smallest absolute Gasteiger partial charge is 0.253 e. The van der Waals surface area contributed by atoms with Gasteiger partial charge in [-0.2, -0.15) is 22.5 Å². The monoisotopic (exact) mass is 223 g/mol. The lowest BCUT2D eigenvalue weighted by Crippen LogP contribution is -2.13. The summed E-state index contributed by atoms with van der Waals surface area (Å²) in [4.78, 5) is 2.41. The molecule has 1 aromatic heterocycles. The third kappa shape index (κ3) is 2.56. The topological polar surface area (TPSA) is 50.9 Å². The van der Waals surface area contributed by atoms with E-state index in [0.717, 1.165) is 0 Å². The van der Waals surface area contributed by atoms with Crippen LogP contribution >= 0.6 is 0 Å². The van der Waals surface area contributed by atoms with Crippen molar-refractivity contribution in [3.8, 4) is 0 Å². The fourth-order valence-electron chi connectivity index (χ4n) is 0.958. The van der Waals surface area contributed by atoms with E-state index in [0.29, 0.717) is 13.0 Å². The number of pyridine rings is 1. The number of hydrogen-bond acceptors (Lipinski definition) is 3. The second-order valence-electron chi connectivity index (χ2n) is 2.77. The zero-order valence-corrected chi connectivity index (χ0v) is 7.66. The minimum absolute atomic E-state index is 0.118. The molecule has 0 aliphatic heterocycles. The summed E-state index contributed by atoms with van der Waals surface area (Å²) in [5.74, 6) is -6.43. The van der Waals surface area contributed by atoms with Crippen LogP contribution in [0, 0.1) is 23.5 Å². The molecule has 0 aliphatic carbocycles. The molecule has 0 spiro atoms. The lowest BCUT2D eigenvalue weighted by atomic mass is 10.3. The highest BCUT2D eigenvalue weighted by molar-refractivity contribution is 5.45. The van der Waals surface area contributed by atoms with Crippen molar-refractivity contribution in [3.63, 3.8) is 0 Å². The summed E-state index contributed by atoms with van der Waals surface area (Å²) >= 11 is 0. The van der Waals surface area contributed by atoms with E-state index >= 15 is 0 Å². The number of rotatable bonds is 4. The molecule has 3 N–H and O–H groups in total. The van der Waals surface area contributed by atoms with Gasteiger partial charge >= 0.3 is 0 Å². The summed E-state index contributed by atoms with van der Waals surface area (Å²) in [5.41, 5.74) is 4.29. The molecule has 0 radical (unpaired) electrons. The number of nitrogens with two attached hydrogens (primary N) is 1. The number of anilines is 1. The molecule has 0 amide bonds. The van der Waals surface area contributed by atoms with Crippen molar-refractivity contribution in [1.29, 1.82) is 0 Å². The molecule has 0 aromatic carbocycles. The Hall–Kier alpha value is -1.37. The van der Waals surface area contributed by atoms with E-state index in [-0.39, 0.29) is 6.54 Å². The quantitative estimate of drug-likeness (QED) is 0.461. The van der Waals surface area contributed by atoms with Crippen LogP contribution < -0.4 is 11.1 Å². The van der Waals surface area contributed by atoms with Gasteiger partial charge in [-0.05, 0) is 13.0 Å². The molecule has 1 rings (SSSR count). The van der Waals surface area contributed by atoms with Crippen molar-refractivity contribution in [1.82, 2.24) is 4.98 Å². The van der Waals surface area contributed by atoms with Crippen LogP contribution in [0.1, 0.15) is 6.42 Å². The van der Waals surface area contributed by atoms with Gasteiger partial charge in [0.25, 0.3) is 11.9 Å². The highest BCUT2D eigenvalue weighted by Gasteiger charge is 2.19. The molecule has 0 aliphatic rings. The van der Waals surface area contributed by atoms with Gasteiger partial charge in [0, 0.05) is 6.54 Å². The Morgan fingerprint density at radius 1 is 1.07 bits per heavy atom. The maximum atomic E-state index is 12.9. The van der Waals surface area contributed by atoms with Gasteiger partial charge in [0.2, 0.25) is 11.6 Å². The molecule has 1 heterocycles. The van der Waals surface area contributed by atoms with Gasteiger partial charge in [0.1, 0.15) is 5.69 Å². The van der Waals surface area contributed by atoms with Crippen LogP contribution in [-0.4, -0.2) is 18.1 Å². The first-order valence-corrected chi connectivity index (χ1v) is 4.21. The number of nitrogens with one attached hydrogen (secondary N) is 1. The summed E-state index contributed by atoms with van der Waals surface area (Å²) in [7, 11) is 0. The predicted molar refractivity (Wildman–Crippen MR) is 46.2 cm³/mol. The van der Waals surface area contributed by atoms with Crippen LogP contribution in [0.2, 0.25) is 0 Å². The Labute approximate surface area is 83.3 Å². The van der Waals surface area contributed by atoms with Gasteiger partial charge < -0.3 is 11.1 Å². The second kappa shape index (κ2) is 4.92. The maximum absolute atomic E-state index is 12.9. The van der Waals surface area contributed by atoms with Gasteiger partial charge in [-0.1, -0.05) is 0 Å². The summed E-state index contributed by atoms with van der Waals surface area (Å²) < 4.78 is 51.0. The first kappa shape index (κ1) is 11.7. The fraction of sp³-hybridized carbons (Fsp3) is 0.375. The Bertz CT molecular complexity index is 330. The summed E-state index contributed by atoms with van der Waals surface area (Å²) in [5, 5.41) is 2.21. The van der Waals surface area contributed by atoms with E-state index < -0.39 is 29.2 Å². The minimum atomic E-state index is -1.68. The van der Waals surface area contributed by atoms with Crippen LogP contribution in [0.5, 0.6) is 0 Å². The average Bonchev–Trinajstić information content (AvgIpc) is 2.20. The zero-order valence-electron chi connectivity index (χ0n) is 7.66. The van der Waals surface area contributed by atoms with Crippen molar-refractivity contribution in [2.24, 2.45) is 5.73 Å². The maximum Gasteiger partial charge on any atom is 0.253 e. The SMILES string of the molecule is NCCCNc1c(F)c(F)nc(F)c1F. The van der Waals surface area contributed by atoms with Gasteiger partial charge in [-0.3, -0.25) is 0 Å². The van der Waals surface area contributed by atoms with Gasteiger partial charge in [-0.25, -0.2) is 0 Å². The molecule has 0 unspecified atom stereocenters. The summed E-state index contributed by atoms with van der Waals surface area (Å²) in [6, 6.07) is 0. The summed E-state index contributed by atoms with van der Waals surface area (Å²) in [6.45, 7) is 0.416. The molecule has 0 fully saturated rings. The molecule has 7 heteroatoms. The Kier molecular flexibility index (Phi) is 3.84. The first-order chi connectivity index (χ1) is 7.07. The molecule has 3 nitrogen and oxygen atoms in total. The minimum Gasteiger partial charge on any atom is -0.380 e. The van der Waals surface area contributed by atoms with Crippen molar-refractivity contribution in [3.05, 3.63) is 23.5 Å². The summed E-state index contributed by atoms with van der Waals surface area (Å²) in [6.07, 6.45) is 0.421. The molecule has 0 saturated heterocycles. The molecule has 0 saturated carbocycles. The number of hydrogen-bond donors (Lipinski definition) is 2. The van der Waals surface area contributed by atoms with E-state index in [1.54, 1.807) is 0 Å². The van der Waals surface area contributed by atoms with E-state index in [4.69, 9.17) is 5.73 Å². The molecule has 15 heavy (non-hydrogen) atoms. The molecular weight excluding hydrogens is 214 g/mol. The molecule has 84 valence electrons. The average molecular weight is 223 g/mol. The largest absolute Gasteiger partial charge is 0.380 e. The number of nitrogens with zero attached hydrogens (tertiary/aromatic N) is 1. The third-order valence-electron chi connectivity index (χ3n) is 1.68. The van der Waals surface area contributed by atoms with Crippen LogP contribution in [0.4, 0.5) is 23.2 Å². The van der Waals surface area contributed by atoms with Crippen LogP contribution in [0.25, 0.3) is 0 Å². The normalized spacial score (nSPS) is 10.5. The van der Waals surface area contributed by atoms with E-state index in [1.807, 2.05) is 0 Å². The highest BCUT2D eigenvalue weighted by Crippen LogP contribution is 2.21. The van der Waals surface area contributed by atoms with E-state index in [1.165, 1.54) is 0 Å². The highest BCUT2D eigenvalue weighted by atomic mass is 19.2. The van der Waals surface area contributed by atoms with E-state index in [9.17, 15) is 17.6 Å². The second-order valence-corrected chi connectivity index (χ2v) is 2.77. The Morgan fingerprint density at radius 2 is 1.60 bits per heavy atom. The molecule has 0 bridgehead atoms. The number of halogens is 4. The molecule has 1 aromatic rings. The fourth-order valence-corrected chi connectivity index (χ4v) is 0.958. The van der Waals surface area contributed by atoms with Crippen molar-refractivity contribution < 1.29 is 17.6 Å². The van der Waals surface area contributed by atoms with Crippen LogP contribution in [0.15, 0.2) is 0 Å². The van der Waals surface area contributed by atoms with Gasteiger partial charge in [-0.15, -0.1) is 0 Å². The van der Waals surface area contributed by atoms with Gasteiger partial charge in [0.05, 0.1) is 0 Å². The predicted octanol–water partition coefficient (Wildman–Crippen LogP) is 1.40. The van der Waals surface area contributed by atoms with Crippen LogP contribution in [0.3, 0.4) is 0 Å². The van der Waals surface area contributed by atoms with E-state index in [2.05, 4.69) is 10.3 Å². The van der Waals surface area contributed by atoms with Crippen molar-refractivity contribution >= 4 is 5.69 Å². The third-order valence-corrected chi connectivity index (χ3v) is 1.68. The lowest BCUT2D eigenvalue weighted by Gasteiger charge is -2.08. The molecular formula is C8H9F4N3. The molecule has 0 atom stereocenters. The Morgan fingerprint density at radius 3 is 2.07 bits per heavy atom. The first-order valence-electron chi connectivity index (χ1n) is 4.21. The van der Waals surface area contributed by atoms with Crippen molar-refractivity contribution in [2.75, 3.05) is 18.4 Å². The Balaban J connectivity index is 2.94.